The molecule has 6 heteroatoms. The number of amides is 4. The summed E-state index contributed by atoms with van der Waals surface area (Å²) in [4.78, 5) is 38.4. The Kier molecular flexibility index (Phi) is 3.16. The highest BCUT2D eigenvalue weighted by Gasteiger charge is 2.43. The molecule has 0 aromatic heterocycles. The van der Waals surface area contributed by atoms with E-state index in [1.807, 2.05) is 32.0 Å². The number of rotatable bonds is 2. The molecule has 0 bridgehead atoms. The smallest absolute Gasteiger partial charge is 0.324 e. The first-order chi connectivity index (χ1) is 9.97. The first kappa shape index (κ1) is 13.6. The topological polar surface area (TPSA) is 69.7 Å². The highest BCUT2D eigenvalue weighted by Crippen LogP contribution is 2.21. The van der Waals surface area contributed by atoms with E-state index in [1.54, 1.807) is 4.90 Å². The molecule has 2 heterocycles. The van der Waals surface area contributed by atoms with Crippen molar-refractivity contribution in [2.75, 3.05) is 19.6 Å². The molecule has 110 valence electrons. The Morgan fingerprint density at radius 2 is 1.95 bits per heavy atom. The summed E-state index contributed by atoms with van der Waals surface area (Å²) in [7, 11) is 0. The Labute approximate surface area is 122 Å². The van der Waals surface area contributed by atoms with Crippen LogP contribution in [0.15, 0.2) is 18.2 Å². The lowest BCUT2D eigenvalue weighted by atomic mass is 10.0. The number of hydrogen-bond donors (Lipinski definition) is 1. The summed E-state index contributed by atoms with van der Waals surface area (Å²) in [5.74, 6) is -0.264. The Morgan fingerprint density at radius 1 is 1.24 bits per heavy atom. The molecule has 21 heavy (non-hydrogen) atoms. The van der Waals surface area contributed by atoms with Crippen LogP contribution in [0, 0.1) is 13.8 Å². The summed E-state index contributed by atoms with van der Waals surface area (Å²) in [6.45, 7) is 4.77. The van der Waals surface area contributed by atoms with Crippen molar-refractivity contribution >= 4 is 17.8 Å². The van der Waals surface area contributed by atoms with Crippen molar-refractivity contribution in [2.45, 2.75) is 19.9 Å². The van der Waals surface area contributed by atoms with Crippen molar-refractivity contribution in [2.24, 2.45) is 0 Å². The van der Waals surface area contributed by atoms with Gasteiger partial charge >= 0.3 is 6.03 Å². The zero-order valence-electron chi connectivity index (χ0n) is 12.0. The number of nitrogens with zero attached hydrogens (tertiary/aromatic N) is 2. The summed E-state index contributed by atoms with van der Waals surface area (Å²) < 4.78 is 0. The van der Waals surface area contributed by atoms with Crippen molar-refractivity contribution in [1.82, 2.24) is 15.1 Å². The summed E-state index contributed by atoms with van der Waals surface area (Å²) >= 11 is 0. The molecule has 0 aliphatic carbocycles. The molecule has 6 nitrogen and oxygen atoms in total. The molecule has 4 amide bonds. The maximum Gasteiger partial charge on any atom is 0.324 e. The number of aryl methyl sites for hydroxylation is 2. The monoisotopic (exact) mass is 287 g/mol. The van der Waals surface area contributed by atoms with E-state index in [0.29, 0.717) is 18.7 Å². The van der Waals surface area contributed by atoms with Gasteiger partial charge in [0.05, 0.1) is 12.6 Å². The third-order valence-corrected chi connectivity index (χ3v) is 4.01. The van der Waals surface area contributed by atoms with Crippen molar-refractivity contribution < 1.29 is 14.4 Å². The minimum absolute atomic E-state index is 0.0456. The molecule has 2 aliphatic rings. The van der Waals surface area contributed by atoms with Gasteiger partial charge in [-0.15, -0.1) is 0 Å². The van der Waals surface area contributed by atoms with Gasteiger partial charge in [0, 0.05) is 18.7 Å². The van der Waals surface area contributed by atoms with Gasteiger partial charge in [0.2, 0.25) is 5.91 Å². The number of likely N-dealkylation sites (tertiary alicyclic amines) is 1. The van der Waals surface area contributed by atoms with E-state index < -0.39 is 0 Å². The maximum atomic E-state index is 12.4. The van der Waals surface area contributed by atoms with Crippen LogP contribution in [0.1, 0.15) is 21.5 Å². The Hall–Kier alpha value is -2.37. The van der Waals surface area contributed by atoms with E-state index in [0.717, 1.165) is 11.1 Å². The minimum atomic E-state index is -0.358. The second-order valence-electron chi connectivity index (χ2n) is 5.60. The standard InChI is InChI=1S/C15H17N3O3/c1-9-3-4-12(10(2)5-9)14(20)17-7-11(8-17)18-13(19)6-16-15(18)21/h3-5,11H,6-8H2,1-2H3,(H,16,21). The normalized spacial score (nSPS) is 18.8. The fraction of sp³-hybridized carbons (Fsp3) is 0.400. The molecule has 1 aromatic rings. The van der Waals surface area contributed by atoms with Gasteiger partial charge in [-0.25, -0.2) is 4.79 Å². The van der Waals surface area contributed by atoms with Gasteiger partial charge in [-0.3, -0.25) is 14.5 Å². The third-order valence-electron chi connectivity index (χ3n) is 4.01. The summed E-state index contributed by atoms with van der Waals surface area (Å²) in [5.41, 5.74) is 2.74. The molecule has 2 saturated heterocycles. The fourth-order valence-electron chi connectivity index (χ4n) is 2.81. The zero-order chi connectivity index (χ0) is 15.1. The van der Waals surface area contributed by atoms with Gasteiger partial charge in [-0.1, -0.05) is 17.7 Å². The van der Waals surface area contributed by atoms with Gasteiger partial charge in [0.1, 0.15) is 0 Å². The summed E-state index contributed by atoms with van der Waals surface area (Å²) in [6, 6.07) is 5.16. The molecule has 1 aromatic carbocycles. The number of carbonyl (C=O) groups is 3. The van der Waals surface area contributed by atoms with Crippen LogP contribution in [-0.2, 0) is 4.79 Å². The first-order valence-corrected chi connectivity index (χ1v) is 6.94. The van der Waals surface area contributed by atoms with Crippen molar-refractivity contribution in [3.63, 3.8) is 0 Å². The number of carbonyl (C=O) groups excluding carboxylic acids is 3. The number of nitrogens with one attached hydrogen (secondary N) is 1. The average molecular weight is 287 g/mol. The van der Waals surface area contributed by atoms with Crippen LogP contribution in [0.5, 0.6) is 0 Å². The lowest BCUT2D eigenvalue weighted by Crippen LogP contribution is -2.62. The van der Waals surface area contributed by atoms with Crippen LogP contribution < -0.4 is 5.32 Å². The van der Waals surface area contributed by atoms with Crippen LogP contribution in [0.2, 0.25) is 0 Å². The number of benzene rings is 1. The van der Waals surface area contributed by atoms with Gasteiger partial charge < -0.3 is 10.2 Å². The fourth-order valence-corrected chi connectivity index (χ4v) is 2.81. The zero-order valence-corrected chi connectivity index (χ0v) is 12.0. The van der Waals surface area contributed by atoms with Crippen molar-refractivity contribution in [3.8, 4) is 0 Å². The quantitative estimate of drug-likeness (QED) is 0.813. The molecule has 0 spiro atoms. The van der Waals surface area contributed by atoms with Crippen LogP contribution in [0.3, 0.4) is 0 Å². The lowest BCUT2D eigenvalue weighted by Gasteiger charge is -2.42. The molecule has 1 N–H and O–H groups in total. The number of hydrogen-bond acceptors (Lipinski definition) is 3. The molecule has 0 atom stereocenters. The van der Waals surface area contributed by atoms with Crippen molar-refractivity contribution in [3.05, 3.63) is 34.9 Å². The molecular formula is C15H17N3O3. The van der Waals surface area contributed by atoms with Crippen LogP contribution in [-0.4, -0.2) is 53.3 Å². The first-order valence-electron chi connectivity index (χ1n) is 6.94. The maximum absolute atomic E-state index is 12.4. The molecule has 0 saturated carbocycles. The largest absolute Gasteiger partial charge is 0.334 e. The molecular weight excluding hydrogens is 270 g/mol. The highest BCUT2D eigenvalue weighted by molar-refractivity contribution is 6.03. The highest BCUT2D eigenvalue weighted by atomic mass is 16.2. The van der Waals surface area contributed by atoms with E-state index in [4.69, 9.17) is 0 Å². The number of urea groups is 1. The van der Waals surface area contributed by atoms with Crippen LogP contribution in [0.4, 0.5) is 4.79 Å². The Bertz CT molecular complexity index is 619. The molecule has 0 radical (unpaired) electrons. The van der Waals surface area contributed by atoms with Crippen LogP contribution >= 0.6 is 0 Å². The summed E-state index contributed by atoms with van der Waals surface area (Å²) in [6.07, 6.45) is 0. The Morgan fingerprint density at radius 3 is 2.52 bits per heavy atom. The number of imide groups is 1. The van der Waals surface area contributed by atoms with E-state index in [-0.39, 0.29) is 30.4 Å². The molecule has 0 unspecified atom stereocenters. The summed E-state index contributed by atoms with van der Waals surface area (Å²) in [5, 5.41) is 2.49. The van der Waals surface area contributed by atoms with E-state index >= 15 is 0 Å². The third kappa shape index (κ3) is 2.26. The van der Waals surface area contributed by atoms with E-state index in [9.17, 15) is 14.4 Å². The van der Waals surface area contributed by atoms with Crippen LogP contribution in [0.25, 0.3) is 0 Å². The molecule has 2 fully saturated rings. The van der Waals surface area contributed by atoms with Gasteiger partial charge in [0.15, 0.2) is 0 Å². The molecule has 3 rings (SSSR count). The van der Waals surface area contributed by atoms with Gasteiger partial charge in [-0.05, 0) is 25.5 Å². The van der Waals surface area contributed by atoms with Crippen molar-refractivity contribution in [1.29, 1.82) is 0 Å². The van der Waals surface area contributed by atoms with E-state index in [2.05, 4.69) is 5.32 Å². The lowest BCUT2D eigenvalue weighted by molar-refractivity contribution is -0.128. The van der Waals surface area contributed by atoms with E-state index in [1.165, 1.54) is 4.90 Å². The minimum Gasteiger partial charge on any atom is -0.334 e. The average Bonchev–Trinajstić information content (AvgIpc) is 2.69. The van der Waals surface area contributed by atoms with Gasteiger partial charge in [-0.2, -0.15) is 0 Å². The molecule has 2 aliphatic heterocycles. The predicted molar refractivity (Wildman–Crippen MR) is 75.9 cm³/mol. The van der Waals surface area contributed by atoms with Gasteiger partial charge in [0.25, 0.3) is 5.91 Å². The second kappa shape index (κ2) is 4.87. The SMILES string of the molecule is Cc1ccc(C(=O)N2CC(N3C(=O)CNC3=O)C2)c(C)c1. The second-order valence-corrected chi connectivity index (χ2v) is 5.60. The Balaban J connectivity index is 1.67. The predicted octanol–water partition coefficient (Wildman–Crippen LogP) is 0.680.